The number of aromatic amines is 1. The summed E-state index contributed by atoms with van der Waals surface area (Å²) < 4.78 is 27.2. The highest BCUT2D eigenvalue weighted by molar-refractivity contribution is 7.54. The Labute approximate surface area is 199 Å². The lowest BCUT2D eigenvalue weighted by Crippen LogP contribution is -2.33. The van der Waals surface area contributed by atoms with Crippen molar-refractivity contribution in [3.63, 3.8) is 0 Å². The summed E-state index contributed by atoms with van der Waals surface area (Å²) in [5.41, 5.74) is -0.0354. The van der Waals surface area contributed by atoms with E-state index in [0.29, 0.717) is 17.8 Å². The van der Waals surface area contributed by atoms with E-state index in [4.69, 9.17) is 9.26 Å². The van der Waals surface area contributed by atoms with Gasteiger partial charge in [-0.15, -0.1) is 0 Å². The van der Waals surface area contributed by atoms with Gasteiger partial charge in [-0.3, -0.25) is 23.5 Å². The molecule has 186 valence electrons. The Kier molecular flexibility index (Phi) is 9.47. The van der Waals surface area contributed by atoms with Gasteiger partial charge in [0.25, 0.3) is 5.56 Å². The number of hydrogen-bond acceptors (Lipinski definition) is 5. The number of H-pyrrole nitrogens is 1. The van der Waals surface area contributed by atoms with Crippen LogP contribution < -0.4 is 15.9 Å². The third-order valence-corrected chi connectivity index (χ3v) is 7.24. The Bertz CT molecular complexity index is 1110. The van der Waals surface area contributed by atoms with Crippen molar-refractivity contribution in [2.45, 2.75) is 64.7 Å². The molecule has 1 aromatic heterocycles. The molecule has 0 saturated heterocycles. The molecule has 2 aromatic rings. The third-order valence-electron chi connectivity index (χ3n) is 5.71. The number of aryl methyl sites for hydroxylation is 1. The van der Waals surface area contributed by atoms with Gasteiger partial charge in [-0.1, -0.05) is 63.3 Å². The molecular formula is C24H34N3O6P. The van der Waals surface area contributed by atoms with Gasteiger partial charge in [-0.2, -0.15) is 0 Å². The molecule has 0 saturated carbocycles. The maximum absolute atomic E-state index is 13.2. The second-order valence-electron chi connectivity index (χ2n) is 8.44. The van der Waals surface area contributed by atoms with Crippen LogP contribution in [-0.4, -0.2) is 33.7 Å². The first-order valence-corrected chi connectivity index (χ1v) is 13.3. The number of benzene rings is 1. The number of para-hydroxylation sites is 1. The first-order chi connectivity index (χ1) is 16.3. The van der Waals surface area contributed by atoms with Crippen molar-refractivity contribution >= 4 is 13.4 Å². The number of anilines is 1. The highest BCUT2D eigenvalue weighted by Crippen LogP contribution is 2.49. The molecule has 0 fully saturated rings. The van der Waals surface area contributed by atoms with E-state index >= 15 is 0 Å². The number of nitrogens with zero attached hydrogens (tertiary/aromatic N) is 2. The normalized spacial score (nSPS) is 19.3. The maximum atomic E-state index is 13.2. The van der Waals surface area contributed by atoms with Crippen LogP contribution in [0, 0.1) is 6.92 Å². The van der Waals surface area contributed by atoms with Gasteiger partial charge in [-0.05, 0) is 31.6 Å². The Morgan fingerprint density at radius 1 is 1.12 bits per heavy atom. The second-order valence-corrected chi connectivity index (χ2v) is 10.2. The van der Waals surface area contributed by atoms with Crippen molar-refractivity contribution in [2.75, 3.05) is 17.8 Å². The minimum absolute atomic E-state index is 0.155. The van der Waals surface area contributed by atoms with Crippen molar-refractivity contribution < 1.29 is 18.7 Å². The van der Waals surface area contributed by atoms with Crippen LogP contribution in [0.5, 0.6) is 0 Å². The van der Waals surface area contributed by atoms with Crippen molar-refractivity contribution in [1.82, 2.24) is 9.55 Å². The zero-order valence-electron chi connectivity index (χ0n) is 19.8. The molecular weight excluding hydrogens is 457 g/mol. The van der Waals surface area contributed by atoms with Gasteiger partial charge in [0.1, 0.15) is 6.10 Å². The first-order valence-electron chi connectivity index (χ1n) is 11.8. The molecule has 1 aliphatic rings. The van der Waals surface area contributed by atoms with Gasteiger partial charge in [0.05, 0.1) is 6.61 Å². The summed E-state index contributed by atoms with van der Waals surface area (Å²) in [6.45, 7) is 4.01. The lowest BCUT2D eigenvalue weighted by Gasteiger charge is -2.29. The lowest BCUT2D eigenvalue weighted by molar-refractivity contribution is -0.00730. The molecule has 10 heteroatoms. The Hall–Kier alpha value is -2.45. The van der Waals surface area contributed by atoms with E-state index < -0.39 is 31.3 Å². The van der Waals surface area contributed by atoms with E-state index in [-0.39, 0.29) is 6.61 Å². The molecule has 3 rings (SSSR count). The average molecular weight is 492 g/mol. The SMILES string of the molecule is CCCCCCCCN(c1ccccc1)P(=O)(O)OC[C@@H]1C=C[C@H](n2cc(C)c(=O)[nH]c2=O)O1. The van der Waals surface area contributed by atoms with Crippen molar-refractivity contribution in [3.05, 3.63) is 75.1 Å². The number of aromatic nitrogens is 2. The van der Waals surface area contributed by atoms with Crippen LogP contribution in [0.3, 0.4) is 0 Å². The van der Waals surface area contributed by atoms with E-state index in [9.17, 15) is 19.0 Å². The van der Waals surface area contributed by atoms with E-state index in [1.165, 1.54) is 34.7 Å². The third kappa shape index (κ3) is 7.03. The number of unbranched alkanes of at least 4 members (excludes halogenated alkanes) is 5. The zero-order valence-corrected chi connectivity index (χ0v) is 20.7. The second kappa shape index (κ2) is 12.3. The molecule has 1 unspecified atom stereocenters. The molecule has 1 aromatic carbocycles. The predicted octanol–water partition coefficient (Wildman–Crippen LogP) is 4.28. The monoisotopic (exact) mass is 491 g/mol. The van der Waals surface area contributed by atoms with Crippen LogP contribution in [-0.2, 0) is 13.8 Å². The fourth-order valence-corrected chi connectivity index (χ4v) is 5.10. The average Bonchev–Trinajstić information content (AvgIpc) is 3.29. The van der Waals surface area contributed by atoms with Gasteiger partial charge in [0.15, 0.2) is 6.23 Å². The Morgan fingerprint density at radius 3 is 2.56 bits per heavy atom. The summed E-state index contributed by atoms with van der Waals surface area (Å²) in [7, 11) is -4.15. The molecule has 1 aliphatic heterocycles. The number of hydrogen-bond donors (Lipinski definition) is 2. The van der Waals surface area contributed by atoms with Crippen molar-refractivity contribution in [3.8, 4) is 0 Å². The van der Waals surface area contributed by atoms with Crippen LogP contribution in [0.25, 0.3) is 0 Å². The molecule has 3 atom stereocenters. The maximum Gasteiger partial charge on any atom is 0.432 e. The summed E-state index contributed by atoms with van der Waals surface area (Å²) in [6.07, 6.45) is 9.80. The zero-order chi connectivity index (χ0) is 24.6. The highest BCUT2D eigenvalue weighted by Gasteiger charge is 2.32. The number of rotatable bonds is 13. The molecule has 34 heavy (non-hydrogen) atoms. The van der Waals surface area contributed by atoms with Gasteiger partial charge in [0.2, 0.25) is 0 Å². The molecule has 2 heterocycles. The largest absolute Gasteiger partial charge is 0.432 e. The number of nitrogens with one attached hydrogen (secondary N) is 1. The molecule has 2 N–H and O–H groups in total. The standard InChI is InChI=1S/C24H34N3O6P/c1-3-4-5-6-7-11-16-27(20-12-9-8-10-13-20)34(30,31)32-18-21-14-15-22(33-21)26-17-19(2)23(28)25-24(26)29/h8-10,12-15,17,21-22H,3-7,11,16,18H2,1-2H3,(H,30,31)(H,25,28,29)/t21-,22+/m0/s1. The fourth-order valence-electron chi connectivity index (χ4n) is 3.80. The number of ether oxygens (including phenoxy) is 1. The van der Waals surface area contributed by atoms with Gasteiger partial charge >= 0.3 is 13.4 Å². The van der Waals surface area contributed by atoms with Crippen LogP contribution in [0.2, 0.25) is 0 Å². The minimum Gasteiger partial charge on any atom is -0.344 e. The Morgan fingerprint density at radius 2 is 1.82 bits per heavy atom. The van der Waals surface area contributed by atoms with Crippen molar-refractivity contribution in [2.24, 2.45) is 0 Å². The molecule has 0 aliphatic carbocycles. The lowest BCUT2D eigenvalue weighted by atomic mass is 10.1. The van der Waals surface area contributed by atoms with Crippen LogP contribution in [0.1, 0.15) is 57.2 Å². The smallest absolute Gasteiger partial charge is 0.344 e. The van der Waals surface area contributed by atoms with E-state index in [1.54, 1.807) is 31.2 Å². The Balaban J connectivity index is 1.60. The highest BCUT2D eigenvalue weighted by atomic mass is 31.2. The molecule has 9 nitrogen and oxygen atoms in total. The predicted molar refractivity (Wildman–Crippen MR) is 132 cm³/mol. The van der Waals surface area contributed by atoms with Crippen LogP contribution in [0.15, 0.2) is 58.3 Å². The van der Waals surface area contributed by atoms with E-state index in [0.717, 1.165) is 19.3 Å². The summed E-state index contributed by atoms with van der Waals surface area (Å²) in [4.78, 5) is 36.7. The van der Waals surface area contributed by atoms with E-state index in [2.05, 4.69) is 11.9 Å². The van der Waals surface area contributed by atoms with E-state index in [1.807, 2.05) is 18.2 Å². The van der Waals surface area contributed by atoms with Crippen LogP contribution >= 0.6 is 7.75 Å². The van der Waals surface area contributed by atoms with Gasteiger partial charge in [-0.25, -0.2) is 9.36 Å². The summed E-state index contributed by atoms with van der Waals surface area (Å²) in [5, 5.41) is 0. The van der Waals surface area contributed by atoms with Gasteiger partial charge in [0, 0.05) is 24.0 Å². The molecule has 0 radical (unpaired) electrons. The minimum atomic E-state index is -4.15. The van der Waals surface area contributed by atoms with Gasteiger partial charge < -0.3 is 9.63 Å². The topological polar surface area (TPSA) is 114 Å². The molecule has 0 amide bonds. The fraction of sp³-hybridized carbons (Fsp3) is 0.500. The van der Waals surface area contributed by atoms with Crippen LogP contribution in [0.4, 0.5) is 5.69 Å². The first kappa shape index (κ1) is 26.2. The molecule has 0 spiro atoms. The summed E-state index contributed by atoms with van der Waals surface area (Å²) in [5.74, 6) is 0. The summed E-state index contributed by atoms with van der Waals surface area (Å²) >= 11 is 0. The molecule has 0 bridgehead atoms. The summed E-state index contributed by atoms with van der Waals surface area (Å²) in [6, 6.07) is 9.07. The van der Waals surface area contributed by atoms with Crippen molar-refractivity contribution in [1.29, 1.82) is 0 Å². The quantitative estimate of drug-likeness (QED) is 0.244.